The van der Waals surface area contributed by atoms with Crippen LogP contribution in [0.25, 0.3) is 0 Å². The minimum absolute atomic E-state index is 0.0468. The van der Waals surface area contributed by atoms with E-state index < -0.39 is 10.1 Å². The van der Waals surface area contributed by atoms with E-state index in [0.717, 1.165) is 17.5 Å². The molecule has 0 bridgehead atoms. The lowest BCUT2D eigenvalue weighted by molar-refractivity contribution is 0.193. The summed E-state index contributed by atoms with van der Waals surface area (Å²) in [6, 6.07) is 14.3. The SMILES string of the molecule is CC(C)c1ccc(NC(=O)N(Cc2cccc(OS(C)(=O)=O)c2)C(C)C)cc1. The van der Waals surface area contributed by atoms with Crippen LogP contribution in [0, 0.1) is 0 Å². The van der Waals surface area contributed by atoms with Gasteiger partial charge in [-0.1, -0.05) is 38.1 Å². The lowest BCUT2D eigenvalue weighted by Crippen LogP contribution is -2.39. The van der Waals surface area contributed by atoms with Crippen molar-refractivity contribution in [2.75, 3.05) is 11.6 Å². The second kappa shape index (κ2) is 9.10. The summed E-state index contributed by atoms with van der Waals surface area (Å²) >= 11 is 0. The first-order valence-electron chi connectivity index (χ1n) is 9.21. The monoisotopic (exact) mass is 404 g/mol. The number of nitrogens with one attached hydrogen (secondary N) is 1. The van der Waals surface area contributed by atoms with E-state index in [-0.39, 0.29) is 17.8 Å². The normalized spacial score (nSPS) is 11.5. The molecule has 0 saturated heterocycles. The topological polar surface area (TPSA) is 75.7 Å². The number of benzene rings is 2. The maximum atomic E-state index is 12.8. The van der Waals surface area contributed by atoms with Gasteiger partial charge in [-0.2, -0.15) is 8.42 Å². The Labute approximate surface area is 167 Å². The van der Waals surface area contributed by atoms with Gasteiger partial charge in [0.2, 0.25) is 0 Å². The van der Waals surface area contributed by atoms with E-state index in [0.29, 0.717) is 12.5 Å². The number of hydrogen-bond donors (Lipinski definition) is 1. The second-order valence-corrected chi connectivity index (χ2v) is 8.94. The zero-order valence-corrected chi connectivity index (χ0v) is 17.8. The minimum atomic E-state index is -3.60. The molecule has 0 unspecified atom stereocenters. The molecule has 2 aromatic rings. The smallest absolute Gasteiger partial charge is 0.322 e. The molecule has 0 fully saturated rings. The van der Waals surface area contributed by atoms with Crippen LogP contribution in [0.15, 0.2) is 48.5 Å². The summed E-state index contributed by atoms with van der Waals surface area (Å²) in [5.41, 5.74) is 2.72. The van der Waals surface area contributed by atoms with Gasteiger partial charge in [0.05, 0.1) is 6.26 Å². The Kier molecular flexibility index (Phi) is 7.07. The summed E-state index contributed by atoms with van der Waals surface area (Å²) in [5, 5.41) is 2.92. The van der Waals surface area contributed by atoms with E-state index in [1.165, 1.54) is 5.56 Å². The highest BCUT2D eigenvalue weighted by Crippen LogP contribution is 2.20. The van der Waals surface area contributed by atoms with Gasteiger partial charge in [-0.05, 0) is 55.2 Å². The van der Waals surface area contributed by atoms with E-state index in [1.807, 2.05) is 44.2 Å². The predicted octanol–water partition coefficient (Wildman–Crippen LogP) is 4.59. The van der Waals surface area contributed by atoms with Crippen LogP contribution in [0.3, 0.4) is 0 Å². The van der Waals surface area contributed by atoms with E-state index in [1.54, 1.807) is 23.1 Å². The average Bonchev–Trinajstić information content (AvgIpc) is 2.58. The highest BCUT2D eigenvalue weighted by atomic mass is 32.2. The van der Waals surface area contributed by atoms with Crippen LogP contribution in [0.4, 0.5) is 10.5 Å². The fourth-order valence-corrected chi connectivity index (χ4v) is 3.16. The molecule has 1 N–H and O–H groups in total. The van der Waals surface area contributed by atoms with E-state index in [9.17, 15) is 13.2 Å². The molecule has 152 valence electrons. The van der Waals surface area contributed by atoms with Gasteiger partial charge in [0.15, 0.2) is 0 Å². The molecule has 2 amide bonds. The van der Waals surface area contributed by atoms with Crippen LogP contribution >= 0.6 is 0 Å². The number of anilines is 1. The molecule has 0 atom stereocenters. The van der Waals surface area contributed by atoms with Crippen LogP contribution in [0.1, 0.15) is 44.7 Å². The third-order valence-electron chi connectivity index (χ3n) is 4.21. The fraction of sp³-hybridized carbons (Fsp3) is 0.381. The highest BCUT2D eigenvalue weighted by Gasteiger charge is 2.18. The van der Waals surface area contributed by atoms with Crippen molar-refractivity contribution in [2.24, 2.45) is 0 Å². The van der Waals surface area contributed by atoms with Gasteiger partial charge < -0.3 is 14.4 Å². The summed E-state index contributed by atoms with van der Waals surface area (Å²) in [7, 11) is -3.60. The largest absolute Gasteiger partial charge is 0.383 e. The molecule has 28 heavy (non-hydrogen) atoms. The van der Waals surface area contributed by atoms with Crippen LogP contribution in [0.2, 0.25) is 0 Å². The van der Waals surface area contributed by atoms with Gasteiger partial charge in [-0.25, -0.2) is 4.79 Å². The van der Waals surface area contributed by atoms with Crippen molar-refractivity contribution in [1.29, 1.82) is 0 Å². The summed E-state index contributed by atoms with van der Waals surface area (Å²) in [4.78, 5) is 14.5. The van der Waals surface area contributed by atoms with Gasteiger partial charge in [0.25, 0.3) is 0 Å². The molecular weight excluding hydrogens is 376 g/mol. The van der Waals surface area contributed by atoms with Crippen molar-refractivity contribution in [1.82, 2.24) is 4.90 Å². The van der Waals surface area contributed by atoms with Crippen LogP contribution in [-0.4, -0.2) is 31.6 Å². The van der Waals surface area contributed by atoms with E-state index >= 15 is 0 Å². The standard InChI is InChI=1S/C21H28N2O4S/c1-15(2)18-9-11-19(12-10-18)22-21(24)23(16(3)4)14-17-7-6-8-20(13-17)27-28(5,25)26/h6-13,15-16H,14H2,1-5H3,(H,22,24). The molecule has 0 heterocycles. The van der Waals surface area contributed by atoms with Gasteiger partial charge in [0.1, 0.15) is 5.75 Å². The lowest BCUT2D eigenvalue weighted by atomic mass is 10.0. The summed E-state index contributed by atoms with van der Waals surface area (Å²) in [5.74, 6) is 0.659. The van der Waals surface area contributed by atoms with Crippen LogP contribution in [0.5, 0.6) is 5.75 Å². The number of amides is 2. The Balaban J connectivity index is 2.12. The second-order valence-electron chi connectivity index (χ2n) is 7.36. The number of rotatable bonds is 7. The Morgan fingerprint density at radius 3 is 2.25 bits per heavy atom. The van der Waals surface area contributed by atoms with E-state index in [4.69, 9.17) is 4.18 Å². The Bertz CT molecular complexity index is 906. The molecule has 0 aliphatic rings. The maximum absolute atomic E-state index is 12.8. The number of urea groups is 1. The number of hydrogen-bond acceptors (Lipinski definition) is 4. The lowest BCUT2D eigenvalue weighted by Gasteiger charge is -2.27. The van der Waals surface area contributed by atoms with Crippen molar-refractivity contribution in [2.45, 2.75) is 46.2 Å². The van der Waals surface area contributed by atoms with Crippen molar-refractivity contribution < 1.29 is 17.4 Å². The van der Waals surface area contributed by atoms with Crippen molar-refractivity contribution in [3.63, 3.8) is 0 Å². The number of nitrogens with zero attached hydrogens (tertiary/aromatic N) is 1. The molecule has 0 aromatic heterocycles. The van der Waals surface area contributed by atoms with Gasteiger partial charge >= 0.3 is 16.1 Å². The van der Waals surface area contributed by atoms with Gasteiger partial charge in [-0.3, -0.25) is 0 Å². The van der Waals surface area contributed by atoms with Crippen LogP contribution in [-0.2, 0) is 16.7 Å². The van der Waals surface area contributed by atoms with Crippen molar-refractivity contribution in [3.8, 4) is 5.75 Å². The third-order valence-corrected chi connectivity index (χ3v) is 4.71. The Morgan fingerprint density at radius 1 is 1.07 bits per heavy atom. The highest BCUT2D eigenvalue weighted by molar-refractivity contribution is 7.86. The zero-order valence-electron chi connectivity index (χ0n) is 17.0. The molecule has 6 nitrogen and oxygen atoms in total. The summed E-state index contributed by atoms with van der Waals surface area (Å²) < 4.78 is 27.6. The summed E-state index contributed by atoms with van der Waals surface area (Å²) in [6.07, 6.45) is 0.998. The average molecular weight is 405 g/mol. The molecule has 0 saturated carbocycles. The quantitative estimate of drug-likeness (QED) is 0.685. The molecule has 7 heteroatoms. The van der Waals surface area contributed by atoms with Crippen LogP contribution < -0.4 is 9.50 Å². The summed E-state index contributed by atoms with van der Waals surface area (Å²) in [6.45, 7) is 8.43. The molecule has 2 rings (SSSR count). The number of carbonyl (C=O) groups excluding carboxylic acids is 1. The van der Waals surface area contributed by atoms with Crippen molar-refractivity contribution >= 4 is 21.8 Å². The number of carbonyl (C=O) groups is 1. The molecular formula is C21H28N2O4S. The van der Waals surface area contributed by atoms with Gasteiger partial charge in [-0.15, -0.1) is 0 Å². The van der Waals surface area contributed by atoms with E-state index in [2.05, 4.69) is 19.2 Å². The predicted molar refractivity (Wildman–Crippen MR) is 112 cm³/mol. The zero-order chi connectivity index (χ0) is 20.9. The fourth-order valence-electron chi connectivity index (χ4n) is 2.70. The van der Waals surface area contributed by atoms with Gasteiger partial charge in [0, 0.05) is 18.3 Å². The Morgan fingerprint density at radius 2 is 1.71 bits per heavy atom. The molecule has 0 radical (unpaired) electrons. The maximum Gasteiger partial charge on any atom is 0.322 e. The first kappa shape index (κ1) is 21.8. The van der Waals surface area contributed by atoms with Crippen molar-refractivity contribution in [3.05, 3.63) is 59.7 Å². The molecule has 2 aromatic carbocycles. The minimum Gasteiger partial charge on any atom is -0.383 e. The molecule has 0 aliphatic heterocycles. The first-order valence-corrected chi connectivity index (χ1v) is 11.0. The molecule has 0 aliphatic carbocycles. The first-order chi connectivity index (χ1) is 13.0. The third kappa shape index (κ3) is 6.56. The Hall–Kier alpha value is -2.54. The molecule has 0 spiro atoms.